The van der Waals surface area contributed by atoms with E-state index in [9.17, 15) is 23.1 Å². The number of hydrogen-bond donors (Lipinski definition) is 1. The van der Waals surface area contributed by atoms with Gasteiger partial charge in [0.2, 0.25) is 0 Å². The molecule has 2 aromatic heterocycles. The number of aryl methyl sites for hydroxylation is 1. The van der Waals surface area contributed by atoms with E-state index in [0.717, 1.165) is 5.56 Å². The molecule has 1 N–H and O–H groups in total. The Bertz CT molecular complexity index is 1080. The van der Waals surface area contributed by atoms with Crippen LogP contribution >= 0.6 is 0 Å². The lowest BCUT2D eigenvalue weighted by Gasteiger charge is -2.31. The average Bonchev–Trinajstić information content (AvgIpc) is 2.98. The molecular formula is C20H18F3N3O3. The zero-order valence-electron chi connectivity index (χ0n) is 15.5. The van der Waals surface area contributed by atoms with Gasteiger partial charge in [-0.1, -0.05) is 0 Å². The highest BCUT2D eigenvalue weighted by molar-refractivity contribution is 5.68. The van der Waals surface area contributed by atoms with Crippen LogP contribution in [-0.2, 0) is 11.2 Å². The first kappa shape index (κ1) is 19.3. The summed E-state index contributed by atoms with van der Waals surface area (Å²) in [5.74, 6) is -3.13. The van der Waals surface area contributed by atoms with Crippen LogP contribution in [0.1, 0.15) is 11.3 Å². The quantitative estimate of drug-likeness (QED) is 0.723. The Balaban J connectivity index is 1.82. The minimum atomic E-state index is -1.05. The monoisotopic (exact) mass is 405 g/mol. The second-order valence-corrected chi connectivity index (χ2v) is 7.01. The van der Waals surface area contributed by atoms with Gasteiger partial charge >= 0.3 is 6.09 Å². The van der Waals surface area contributed by atoms with Crippen LogP contribution in [0.4, 0.5) is 18.0 Å². The molecule has 3 heterocycles. The number of pyridine rings is 1. The number of aromatic nitrogens is 2. The van der Waals surface area contributed by atoms with Crippen molar-refractivity contribution in [3.63, 3.8) is 0 Å². The number of rotatable bonds is 3. The maximum Gasteiger partial charge on any atom is 0.407 e. The molecule has 152 valence electrons. The van der Waals surface area contributed by atoms with Crippen molar-refractivity contribution in [3.8, 4) is 11.3 Å². The van der Waals surface area contributed by atoms with E-state index >= 15 is 0 Å². The summed E-state index contributed by atoms with van der Waals surface area (Å²) in [4.78, 5) is 16.9. The van der Waals surface area contributed by atoms with Crippen molar-refractivity contribution in [2.45, 2.75) is 19.4 Å². The van der Waals surface area contributed by atoms with Crippen molar-refractivity contribution in [2.24, 2.45) is 0 Å². The Morgan fingerprint density at radius 3 is 2.69 bits per heavy atom. The topological polar surface area (TPSA) is 67.1 Å². The fraction of sp³-hybridized carbons (Fsp3) is 0.300. The van der Waals surface area contributed by atoms with Gasteiger partial charge in [0.15, 0.2) is 0 Å². The SMILES string of the molecule is Cc1ccn2c(C[C@H]3CN(C(=O)O)CCO3)c(-c3c(F)cc(F)cc3F)nc2c1. The standard InChI is InChI=1S/C20H18F3N3O3/c1-11-2-3-26-16(9-13-10-25(20(27)28)4-5-29-13)19(24-17(26)6-11)18-14(22)7-12(21)8-15(18)23/h2-3,6-8,13H,4-5,9-10H2,1H3,(H,27,28)/t13-/m0/s1. The Morgan fingerprint density at radius 1 is 1.28 bits per heavy atom. The summed E-state index contributed by atoms with van der Waals surface area (Å²) in [6.07, 6.45) is 0.349. The second-order valence-electron chi connectivity index (χ2n) is 7.01. The fourth-order valence-corrected chi connectivity index (χ4v) is 3.59. The second kappa shape index (κ2) is 7.40. The number of morpholine rings is 1. The van der Waals surface area contributed by atoms with Crippen LogP contribution in [0.25, 0.3) is 16.9 Å². The largest absolute Gasteiger partial charge is 0.465 e. The van der Waals surface area contributed by atoms with E-state index in [1.807, 2.05) is 13.0 Å². The highest BCUT2D eigenvalue weighted by Crippen LogP contribution is 2.31. The smallest absolute Gasteiger partial charge is 0.407 e. The lowest BCUT2D eigenvalue weighted by Crippen LogP contribution is -2.45. The number of carbonyl (C=O) groups is 1. The Hall–Kier alpha value is -3.07. The van der Waals surface area contributed by atoms with Gasteiger partial charge in [-0.2, -0.15) is 0 Å². The van der Waals surface area contributed by atoms with E-state index in [1.165, 1.54) is 4.90 Å². The zero-order chi connectivity index (χ0) is 20.7. The number of fused-ring (bicyclic) bond motifs is 1. The van der Waals surface area contributed by atoms with E-state index in [-0.39, 0.29) is 31.8 Å². The maximum atomic E-state index is 14.5. The first-order valence-corrected chi connectivity index (χ1v) is 9.05. The molecule has 0 radical (unpaired) electrons. The normalized spacial score (nSPS) is 17.1. The van der Waals surface area contributed by atoms with Gasteiger partial charge < -0.3 is 19.1 Å². The number of amides is 1. The molecule has 0 unspecified atom stereocenters. The first-order valence-electron chi connectivity index (χ1n) is 9.05. The lowest BCUT2D eigenvalue weighted by atomic mass is 10.0. The molecule has 0 spiro atoms. The van der Waals surface area contributed by atoms with Gasteiger partial charge in [0.25, 0.3) is 0 Å². The average molecular weight is 405 g/mol. The Labute approximate surface area is 164 Å². The zero-order valence-corrected chi connectivity index (χ0v) is 15.5. The maximum absolute atomic E-state index is 14.5. The third-order valence-corrected chi connectivity index (χ3v) is 4.95. The summed E-state index contributed by atoms with van der Waals surface area (Å²) in [6.45, 7) is 2.47. The van der Waals surface area contributed by atoms with Crippen LogP contribution in [0.3, 0.4) is 0 Å². The van der Waals surface area contributed by atoms with Crippen LogP contribution in [0.15, 0.2) is 30.5 Å². The van der Waals surface area contributed by atoms with Crippen molar-refractivity contribution in [1.82, 2.24) is 14.3 Å². The molecule has 1 amide bonds. The van der Waals surface area contributed by atoms with Crippen LogP contribution in [0.2, 0.25) is 0 Å². The number of carboxylic acid groups (broad SMARTS) is 1. The van der Waals surface area contributed by atoms with Crippen molar-refractivity contribution in [2.75, 3.05) is 19.7 Å². The van der Waals surface area contributed by atoms with Crippen LogP contribution in [-0.4, -0.2) is 51.3 Å². The van der Waals surface area contributed by atoms with Crippen molar-refractivity contribution in [1.29, 1.82) is 0 Å². The number of hydrogen-bond acceptors (Lipinski definition) is 3. The molecular weight excluding hydrogens is 387 g/mol. The van der Waals surface area contributed by atoms with Gasteiger partial charge in [-0.15, -0.1) is 0 Å². The molecule has 1 fully saturated rings. The molecule has 29 heavy (non-hydrogen) atoms. The van der Waals surface area contributed by atoms with Crippen molar-refractivity contribution in [3.05, 3.63) is 59.2 Å². The summed E-state index contributed by atoms with van der Waals surface area (Å²) >= 11 is 0. The van der Waals surface area contributed by atoms with E-state index < -0.39 is 35.2 Å². The Kier molecular flexibility index (Phi) is 4.91. The van der Waals surface area contributed by atoms with Crippen LogP contribution in [0.5, 0.6) is 0 Å². The molecule has 3 aromatic rings. The molecule has 9 heteroatoms. The van der Waals surface area contributed by atoms with Gasteiger partial charge in [0, 0.05) is 31.3 Å². The molecule has 1 aromatic carbocycles. The predicted molar refractivity (Wildman–Crippen MR) is 98.3 cm³/mol. The molecule has 6 nitrogen and oxygen atoms in total. The number of nitrogens with zero attached hydrogens (tertiary/aromatic N) is 3. The molecule has 0 aliphatic carbocycles. The molecule has 1 saturated heterocycles. The van der Waals surface area contributed by atoms with Crippen molar-refractivity contribution < 1.29 is 27.8 Å². The van der Waals surface area contributed by atoms with Gasteiger partial charge in [-0.3, -0.25) is 0 Å². The molecule has 1 atom stereocenters. The molecule has 4 rings (SSSR count). The van der Waals surface area contributed by atoms with Gasteiger partial charge in [0.05, 0.1) is 36.2 Å². The molecule has 1 aliphatic heterocycles. The van der Waals surface area contributed by atoms with E-state index in [1.54, 1.807) is 16.7 Å². The summed E-state index contributed by atoms with van der Waals surface area (Å²) < 4.78 is 49.7. The highest BCUT2D eigenvalue weighted by Gasteiger charge is 2.28. The fourth-order valence-electron chi connectivity index (χ4n) is 3.59. The van der Waals surface area contributed by atoms with E-state index in [0.29, 0.717) is 23.5 Å². The van der Waals surface area contributed by atoms with Crippen LogP contribution < -0.4 is 0 Å². The minimum Gasteiger partial charge on any atom is -0.465 e. The van der Waals surface area contributed by atoms with Gasteiger partial charge in [-0.25, -0.2) is 22.9 Å². The highest BCUT2D eigenvalue weighted by atomic mass is 19.1. The summed E-state index contributed by atoms with van der Waals surface area (Å²) in [6, 6.07) is 4.81. The number of benzene rings is 1. The predicted octanol–water partition coefficient (Wildman–Crippen LogP) is 3.65. The summed E-state index contributed by atoms with van der Waals surface area (Å²) in [7, 11) is 0. The van der Waals surface area contributed by atoms with Crippen molar-refractivity contribution >= 4 is 11.7 Å². The number of imidazole rings is 1. The minimum absolute atomic E-state index is 0.0432. The number of ether oxygens (including phenoxy) is 1. The molecule has 1 aliphatic rings. The molecule has 0 saturated carbocycles. The third kappa shape index (κ3) is 3.65. The van der Waals surface area contributed by atoms with E-state index in [2.05, 4.69) is 4.98 Å². The number of halogens is 3. The van der Waals surface area contributed by atoms with Crippen LogP contribution in [0, 0.1) is 24.4 Å². The molecule has 0 bridgehead atoms. The Morgan fingerprint density at radius 2 is 2.00 bits per heavy atom. The van der Waals surface area contributed by atoms with Gasteiger partial charge in [0.1, 0.15) is 23.1 Å². The summed E-state index contributed by atoms with van der Waals surface area (Å²) in [5.41, 5.74) is 1.47. The summed E-state index contributed by atoms with van der Waals surface area (Å²) in [5, 5.41) is 9.23. The third-order valence-electron chi connectivity index (χ3n) is 4.95. The van der Waals surface area contributed by atoms with E-state index in [4.69, 9.17) is 4.74 Å². The first-order chi connectivity index (χ1) is 13.8. The lowest BCUT2D eigenvalue weighted by molar-refractivity contribution is -0.0214. The van der Waals surface area contributed by atoms with Gasteiger partial charge in [-0.05, 0) is 24.6 Å².